The van der Waals surface area contributed by atoms with Crippen LogP contribution in [0.3, 0.4) is 0 Å². The van der Waals surface area contributed by atoms with Gasteiger partial charge in [0.15, 0.2) is 0 Å². The van der Waals surface area contributed by atoms with E-state index in [-0.39, 0.29) is 5.57 Å². The van der Waals surface area contributed by atoms with E-state index in [2.05, 4.69) is 37.0 Å². The lowest BCUT2D eigenvalue weighted by atomic mass is 9.98. The fraction of sp³-hybridized carbons (Fsp3) is 0.125. The average molecular weight is 409 g/mol. The molecule has 152 valence electrons. The molecule has 7 nitrogen and oxygen atoms in total. The summed E-state index contributed by atoms with van der Waals surface area (Å²) in [5.41, 5.74) is 3.88. The molecule has 1 aliphatic rings. The van der Waals surface area contributed by atoms with E-state index in [1.54, 1.807) is 6.20 Å². The van der Waals surface area contributed by atoms with Gasteiger partial charge in [0.05, 0.1) is 11.1 Å². The molecular weight excluding hydrogens is 390 g/mol. The van der Waals surface area contributed by atoms with Crippen molar-refractivity contribution in [3.05, 3.63) is 90.3 Å². The minimum Gasteiger partial charge on any atom is -0.332 e. The number of aryl methyl sites for hydroxylation is 2. The predicted octanol–water partition coefficient (Wildman–Crippen LogP) is 3.03. The molecule has 0 aliphatic carbocycles. The van der Waals surface area contributed by atoms with Gasteiger partial charge in [0.2, 0.25) is 0 Å². The number of hydrogen-bond donors (Lipinski definition) is 1. The third-order valence-electron chi connectivity index (χ3n) is 5.39. The molecule has 3 aromatic heterocycles. The van der Waals surface area contributed by atoms with Crippen LogP contribution in [-0.2, 0) is 22.6 Å². The lowest BCUT2D eigenvalue weighted by Crippen LogP contribution is -2.22. The highest BCUT2D eigenvalue weighted by Crippen LogP contribution is 2.35. The van der Waals surface area contributed by atoms with Gasteiger partial charge in [-0.15, -0.1) is 0 Å². The van der Waals surface area contributed by atoms with Crippen LogP contribution < -0.4 is 5.32 Å². The van der Waals surface area contributed by atoms with Crippen LogP contribution in [0.2, 0.25) is 0 Å². The van der Waals surface area contributed by atoms with Crippen LogP contribution in [0, 0.1) is 0 Å². The van der Waals surface area contributed by atoms with Crippen LogP contribution in [0.25, 0.3) is 22.2 Å². The highest BCUT2D eigenvalue weighted by atomic mass is 16.2. The van der Waals surface area contributed by atoms with Gasteiger partial charge in [0.1, 0.15) is 12.0 Å². The molecule has 0 bridgehead atoms. The summed E-state index contributed by atoms with van der Waals surface area (Å²) in [6, 6.07) is 14.1. The molecule has 0 fully saturated rings. The summed E-state index contributed by atoms with van der Waals surface area (Å²) in [4.78, 5) is 37.9. The minimum atomic E-state index is -0.441. The summed E-state index contributed by atoms with van der Waals surface area (Å²) >= 11 is 0. The Hall–Kier alpha value is -4.13. The number of benzene rings is 1. The highest BCUT2D eigenvalue weighted by Gasteiger charge is 2.34. The zero-order chi connectivity index (χ0) is 21.2. The third kappa shape index (κ3) is 3.50. The molecule has 4 aromatic rings. The normalized spacial score (nSPS) is 13.8. The minimum absolute atomic E-state index is 0.290. The van der Waals surface area contributed by atoms with Crippen LogP contribution in [0.5, 0.6) is 0 Å². The fourth-order valence-electron chi connectivity index (χ4n) is 4.01. The molecule has 0 radical (unpaired) electrons. The molecule has 0 saturated carbocycles. The number of rotatable bonds is 6. The molecule has 0 atom stereocenters. The number of aromatic nitrogens is 4. The molecule has 0 unspecified atom stereocenters. The molecular formula is C24H19N5O2. The largest absolute Gasteiger partial charge is 0.332 e. The predicted molar refractivity (Wildman–Crippen MR) is 116 cm³/mol. The molecule has 7 heteroatoms. The van der Waals surface area contributed by atoms with Gasteiger partial charge in [-0.3, -0.25) is 14.9 Å². The summed E-state index contributed by atoms with van der Waals surface area (Å²) in [5, 5.41) is 3.25. The molecule has 0 saturated heterocycles. The second-order valence-electron chi connectivity index (χ2n) is 7.36. The first-order valence-electron chi connectivity index (χ1n) is 10.1. The molecule has 1 aliphatic heterocycles. The van der Waals surface area contributed by atoms with Crippen molar-refractivity contribution in [1.82, 2.24) is 24.8 Å². The number of imide groups is 1. The Balaban J connectivity index is 1.56. The first kappa shape index (κ1) is 18.9. The van der Waals surface area contributed by atoms with Gasteiger partial charge in [0, 0.05) is 47.8 Å². The van der Waals surface area contributed by atoms with Crippen molar-refractivity contribution < 1.29 is 9.59 Å². The molecule has 1 aromatic carbocycles. The van der Waals surface area contributed by atoms with Crippen LogP contribution in [-0.4, -0.2) is 31.3 Å². The Morgan fingerprint density at radius 2 is 1.68 bits per heavy atom. The molecule has 5 rings (SSSR count). The van der Waals surface area contributed by atoms with Gasteiger partial charge >= 0.3 is 0 Å². The van der Waals surface area contributed by atoms with Crippen molar-refractivity contribution in [2.45, 2.75) is 19.4 Å². The van der Waals surface area contributed by atoms with E-state index in [9.17, 15) is 9.59 Å². The number of nitrogens with one attached hydrogen (secondary N) is 1. The topological polar surface area (TPSA) is 89.8 Å². The fourth-order valence-corrected chi connectivity index (χ4v) is 4.01. The number of nitrogens with zero attached hydrogens (tertiary/aromatic N) is 4. The number of carbonyl (C=O) groups is 2. The Labute approximate surface area is 178 Å². The van der Waals surface area contributed by atoms with E-state index < -0.39 is 11.8 Å². The summed E-state index contributed by atoms with van der Waals surface area (Å²) in [5.74, 6) is -0.861. The smallest absolute Gasteiger partial charge is 0.259 e. The van der Waals surface area contributed by atoms with Crippen molar-refractivity contribution in [2.75, 3.05) is 0 Å². The maximum absolute atomic E-state index is 12.8. The second-order valence-corrected chi connectivity index (χ2v) is 7.36. The Bertz CT molecular complexity index is 1310. The Kier molecular flexibility index (Phi) is 4.84. The number of fused-ring (bicyclic) bond motifs is 1. The lowest BCUT2D eigenvalue weighted by molar-refractivity contribution is -0.122. The standard InChI is InChI=1S/C24H19N5O2/c30-23-20(17-12-25-15-26-13-17)21(24(31)28-23)19-14-29(22-18(19)9-4-10-27-22)11-5-8-16-6-2-1-3-7-16/h1-4,6-7,9-10,12-15H,5,8,11H2,(H,28,30,31). The monoisotopic (exact) mass is 409 g/mol. The Morgan fingerprint density at radius 1 is 0.903 bits per heavy atom. The van der Waals surface area contributed by atoms with Crippen LogP contribution in [0.1, 0.15) is 23.1 Å². The number of hydrogen-bond acceptors (Lipinski definition) is 5. The van der Waals surface area contributed by atoms with Crippen molar-refractivity contribution in [3.63, 3.8) is 0 Å². The number of amides is 2. The molecule has 31 heavy (non-hydrogen) atoms. The van der Waals surface area contributed by atoms with Crippen molar-refractivity contribution in [1.29, 1.82) is 0 Å². The first-order chi connectivity index (χ1) is 15.2. The van der Waals surface area contributed by atoms with Gasteiger partial charge in [-0.2, -0.15) is 0 Å². The van der Waals surface area contributed by atoms with E-state index in [1.807, 2.05) is 36.5 Å². The number of carbonyl (C=O) groups excluding carboxylic acids is 2. The van der Waals surface area contributed by atoms with Gasteiger partial charge in [-0.1, -0.05) is 30.3 Å². The highest BCUT2D eigenvalue weighted by molar-refractivity contribution is 6.49. The van der Waals surface area contributed by atoms with Crippen LogP contribution in [0.15, 0.2) is 73.6 Å². The van der Waals surface area contributed by atoms with Gasteiger partial charge in [-0.05, 0) is 30.5 Å². The van der Waals surface area contributed by atoms with E-state index in [4.69, 9.17) is 0 Å². The number of pyridine rings is 1. The summed E-state index contributed by atoms with van der Waals surface area (Å²) in [7, 11) is 0. The molecule has 2 amide bonds. The van der Waals surface area contributed by atoms with Gasteiger partial charge in [0.25, 0.3) is 11.8 Å². The molecule has 1 N–H and O–H groups in total. The van der Waals surface area contributed by atoms with Crippen molar-refractivity contribution >= 4 is 34.0 Å². The molecule has 0 spiro atoms. The van der Waals surface area contributed by atoms with Crippen LogP contribution >= 0.6 is 0 Å². The van der Waals surface area contributed by atoms with Crippen LogP contribution in [0.4, 0.5) is 0 Å². The van der Waals surface area contributed by atoms with Crippen molar-refractivity contribution in [2.24, 2.45) is 0 Å². The van der Waals surface area contributed by atoms with Gasteiger partial charge < -0.3 is 4.57 Å². The zero-order valence-corrected chi connectivity index (χ0v) is 16.7. The first-order valence-corrected chi connectivity index (χ1v) is 10.1. The van der Waals surface area contributed by atoms with E-state index in [1.165, 1.54) is 24.3 Å². The average Bonchev–Trinajstić information content (AvgIpc) is 3.31. The Morgan fingerprint density at radius 3 is 2.48 bits per heavy atom. The van der Waals surface area contributed by atoms with Crippen molar-refractivity contribution in [3.8, 4) is 0 Å². The van der Waals surface area contributed by atoms with Gasteiger partial charge in [-0.25, -0.2) is 15.0 Å². The maximum atomic E-state index is 12.8. The third-order valence-corrected chi connectivity index (χ3v) is 5.39. The second kappa shape index (κ2) is 7.95. The van der Waals surface area contributed by atoms with E-state index in [0.717, 1.165) is 30.4 Å². The van der Waals surface area contributed by atoms with E-state index >= 15 is 0 Å². The zero-order valence-electron chi connectivity index (χ0n) is 16.7. The summed E-state index contributed by atoms with van der Waals surface area (Å²) in [6.45, 7) is 0.745. The molecule has 4 heterocycles. The van der Waals surface area contributed by atoms with E-state index in [0.29, 0.717) is 16.7 Å². The lowest BCUT2D eigenvalue weighted by Gasteiger charge is -2.05. The maximum Gasteiger partial charge on any atom is 0.259 e. The quantitative estimate of drug-likeness (QED) is 0.495. The SMILES string of the molecule is O=C1NC(=O)C(c2cn(CCCc3ccccc3)c3ncccc23)=C1c1cncnc1. The summed E-state index contributed by atoms with van der Waals surface area (Å²) < 4.78 is 2.05. The summed E-state index contributed by atoms with van der Waals surface area (Å²) in [6.07, 6.45) is 9.99.